The summed E-state index contributed by atoms with van der Waals surface area (Å²) in [4.78, 5) is 62.7. The van der Waals surface area contributed by atoms with Gasteiger partial charge in [0.25, 0.3) is 0 Å². The van der Waals surface area contributed by atoms with E-state index >= 15 is 0 Å². The van der Waals surface area contributed by atoms with E-state index in [1.165, 1.54) is 11.1 Å². The number of rotatable bonds is 9. The number of hydrogen-bond acceptors (Lipinski definition) is 6. The molecule has 50 heavy (non-hydrogen) atoms. The highest BCUT2D eigenvalue weighted by molar-refractivity contribution is 5.92. The topological polar surface area (TPSA) is 117 Å². The molecule has 1 aliphatic carbocycles. The second-order valence-corrected chi connectivity index (χ2v) is 15.0. The Morgan fingerprint density at radius 3 is 2.18 bits per heavy atom. The number of hydrogen-bond donors (Lipinski definition) is 2. The lowest BCUT2D eigenvalue weighted by Gasteiger charge is -2.43. The first-order valence-electron chi connectivity index (χ1n) is 18.8. The van der Waals surface area contributed by atoms with E-state index < -0.39 is 5.97 Å². The maximum atomic E-state index is 14.4. The highest BCUT2D eigenvalue weighted by Gasteiger charge is 2.37. The molecule has 4 heterocycles. The molecule has 11 nitrogen and oxygen atoms in total. The molecule has 268 valence electrons. The highest BCUT2D eigenvalue weighted by atomic mass is 16.4. The van der Waals surface area contributed by atoms with Crippen LogP contribution >= 0.6 is 0 Å². The van der Waals surface area contributed by atoms with E-state index in [0.29, 0.717) is 45.2 Å². The van der Waals surface area contributed by atoms with Gasteiger partial charge in [-0.25, -0.2) is 4.79 Å². The third-order valence-corrected chi connectivity index (χ3v) is 12.0. The number of nitrogens with one attached hydrogen (secondary N) is 1. The largest absolute Gasteiger partial charge is 0.480 e. The standard InChI is InChI=1S/C39H52N6O5/c46-36(43-16-14-33(15-17-43)45-26-30-7-2-4-11-35(30)40-39(45)50)25-31(24-29-9-5-8-28-6-1-3-10-34(28)29)38(49)44-18-12-32(13-19-44)42-22-20-41(21-23-42)27-37(47)48/h1-4,6-7,10-11,29,31-33H,5,8-9,12-27H2,(H,40,50)(H,47,48). The average Bonchev–Trinajstić information content (AvgIpc) is 3.14. The minimum atomic E-state index is -0.780. The Bertz CT molecular complexity index is 1540. The number of aryl methyl sites for hydroxylation is 1. The molecule has 7 rings (SSSR count). The van der Waals surface area contributed by atoms with Crippen molar-refractivity contribution < 1.29 is 24.3 Å². The van der Waals surface area contributed by atoms with Gasteiger partial charge in [0.05, 0.1) is 6.54 Å². The third-order valence-electron chi connectivity index (χ3n) is 12.0. The Kier molecular flexibility index (Phi) is 10.7. The van der Waals surface area contributed by atoms with Crippen LogP contribution in [-0.2, 0) is 27.3 Å². The lowest BCUT2D eigenvalue weighted by molar-refractivity contribution is -0.143. The van der Waals surface area contributed by atoms with Crippen LogP contribution in [0.4, 0.5) is 10.5 Å². The summed E-state index contributed by atoms with van der Waals surface area (Å²) in [7, 11) is 0. The van der Waals surface area contributed by atoms with E-state index in [-0.39, 0.29) is 48.7 Å². The predicted octanol–water partition coefficient (Wildman–Crippen LogP) is 4.23. The molecule has 0 radical (unpaired) electrons. The number of aliphatic carboxylic acids is 1. The van der Waals surface area contributed by atoms with Crippen LogP contribution in [0, 0.1) is 5.92 Å². The van der Waals surface area contributed by atoms with E-state index in [9.17, 15) is 19.2 Å². The number of carboxylic acid groups (broad SMARTS) is 1. The molecule has 0 bridgehead atoms. The van der Waals surface area contributed by atoms with Crippen LogP contribution in [-0.4, -0.2) is 124 Å². The molecule has 11 heteroatoms. The van der Waals surface area contributed by atoms with E-state index in [2.05, 4.69) is 40.5 Å². The number of urea groups is 1. The Labute approximate surface area is 295 Å². The van der Waals surface area contributed by atoms with Gasteiger partial charge in [-0.1, -0.05) is 42.5 Å². The number of likely N-dealkylation sites (tertiary alicyclic amines) is 2. The fourth-order valence-electron chi connectivity index (χ4n) is 9.19. The molecule has 2 aromatic carbocycles. The first-order chi connectivity index (χ1) is 24.3. The summed E-state index contributed by atoms with van der Waals surface area (Å²) in [5.41, 5.74) is 4.69. The van der Waals surface area contributed by atoms with E-state index in [0.717, 1.165) is 82.4 Å². The van der Waals surface area contributed by atoms with Crippen molar-refractivity contribution in [2.45, 2.75) is 82.3 Å². The third kappa shape index (κ3) is 7.84. The molecule has 0 saturated carbocycles. The molecule has 2 N–H and O–H groups in total. The summed E-state index contributed by atoms with van der Waals surface area (Å²) in [5, 5.41) is 12.2. The van der Waals surface area contributed by atoms with Gasteiger partial charge in [0.1, 0.15) is 0 Å². The van der Waals surface area contributed by atoms with Gasteiger partial charge in [-0.05, 0) is 80.0 Å². The lowest BCUT2D eigenvalue weighted by atomic mass is 9.77. The van der Waals surface area contributed by atoms with Crippen molar-refractivity contribution in [3.05, 3.63) is 65.2 Å². The van der Waals surface area contributed by atoms with Gasteiger partial charge in [-0.15, -0.1) is 0 Å². The molecular formula is C39H52N6O5. The number of carbonyl (C=O) groups excluding carboxylic acids is 3. The first-order valence-corrected chi connectivity index (χ1v) is 18.8. The van der Waals surface area contributed by atoms with Gasteiger partial charge in [-0.3, -0.25) is 24.2 Å². The molecule has 3 fully saturated rings. The Balaban J connectivity index is 0.973. The first kappa shape index (κ1) is 34.5. The lowest BCUT2D eigenvalue weighted by Crippen LogP contribution is -2.55. The summed E-state index contributed by atoms with van der Waals surface area (Å²) in [5.74, 6) is -0.708. The molecule has 2 atom stereocenters. The van der Waals surface area contributed by atoms with Crippen molar-refractivity contribution in [1.29, 1.82) is 0 Å². The zero-order chi connectivity index (χ0) is 34.6. The van der Waals surface area contributed by atoms with Gasteiger partial charge in [0.15, 0.2) is 0 Å². The number of piperidine rings is 2. The van der Waals surface area contributed by atoms with Gasteiger partial charge >= 0.3 is 12.0 Å². The number of amides is 4. The zero-order valence-electron chi connectivity index (χ0n) is 29.2. The molecular weight excluding hydrogens is 632 g/mol. The number of para-hydroxylation sites is 1. The fourth-order valence-corrected chi connectivity index (χ4v) is 9.19. The number of anilines is 1. The summed E-state index contributed by atoms with van der Waals surface area (Å²) in [6.45, 7) is 6.47. The average molecular weight is 685 g/mol. The highest BCUT2D eigenvalue weighted by Crippen LogP contribution is 2.38. The molecule has 2 aromatic rings. The van der Waals surface area contributed by atoms with Crippen LogP contribution < -0.4 is 5.32 Å². The summed E-state index contributed by atoms with van der Waals surface area (Å²) in [6.07, 6.45) is 7.39. The van der Waals surface area contributed by atoms with Crippen LogP contribution in [0.15, 0.2) is 48.5 Å². The minimum absolute atomic E-state index is 0.0495. The van der Waals surface area contributed by atoms with Crippen LogP contribution in [0.5, 0.6) is 0 Å². The quantitative estimate of drug-likeness (QED) is 0.406. The molecule has 4 aliphatic heterocycles. The van der Waals surface area contributed by atoms with E-state index in [1.54, 1.807) is 0 Å². The summed E-state index contributed by atoms with van der Waals surface area (Å²) in [6, 6.07) is 16.9. The van der Waals surface area contributed by atoms with Crippen LogP contribution in [0.3, 0.4) is 0 Å². The Morgan fingerprint density at radius 2 is 1.44 bits per heavy atom. The van der Waals surface area contributed by atoms with Gasteiger partial charge in [0.2, 0.25) is 11.8 Å². The fraction of sp³-hybridized carbons (Fsp3) is 0.590. The number of carboxylic acids is 1. The van der Waals surface area contributed by atoms with Crippen LogP contribution in [0.1, 0.15) is 74.0 Å². The molecule has 2 unspecified atom stereocenters. The van der Waals surface area contributed by atoms with Gasteiger partial charge in [0, 0.05) is 89.0 Å². The van der Waals surface area contributed by atoms with E-state index in [1.807, 2.05) is 37.8 Å². The van der Waals surface area contributed by atoms with Crippen LogP contribution in [0.2, 0.25) is 0 Å². The Morgan fingerprint density at radius 1 is 0.780 bits per heavy atom. The number of carbonyl (C=O) groups is 4. The second-order valence-electron chi connectivity index (χ2n) is 15.0. The van der Waals surface area contributed by atoms with Crippen molar-refractivity contribution >= 4 is 29.5 Å². The number of nitrogens with zero attached hydrogens (tertiary/aromatic N) is 5. The summed E-state index contributed by atoms with van der Waals surface area (Å²) < 4.78 is 0. The SMILES string of the molecule is O=C(O)CN1CCN(C2CCN(C(=O)C(CC(=O)N3CCC(N4Cc5ccccc5NC4=O)CC3)CC3CCCc4ccccc43)CC2)CC1. The van der Waals surface area contributed by atoms with Crippen molar-refractivity contribution in [2.75, 3.05) is 64.2 Å². The maximum Gasteiger partial charge on any atom is 0.322 e. The number of fused-ring (bicyclic) bond motifs is 2. The van der Waals surface area contributed by atoms with Crippen molar-refractivity contribution in [3.8, 4) is 0 Å². The monoisotopic (exact) mass is 684 g/mol. The summed E-state index contributed by atoms with van der Waals surface area (Å²) >= 11 is 0. The van der Waals surface area contributed by atoms with Crippen molar-refractivity contribution in [1.82, 2.24) is 24.5 Å². The predicted molar refractivity (Wildman–Crippen MR) is 191 cm³/mol. The van der Waals surface area contributed by atoms with Crippen LogP contribution in [0.25, 0.3) is 0 Å². The van der Waals surface area contributed by atoms with Gasteiger partial charge < -0.3 is 25.1 Å². The molecule has 3 saturated heterocycles. The molecule has 0 aromatic heterocycles. The van der Waals surface area contributed by atoms with E-state index in [4.69, 9.17) is 5.11 Å². The smallest absolute Gasteiger partial charge is 0.322 e. The normalized spacial score (nSPS) is 23.2. The number of piperazine rings is 1. The van der Waals surface area contributed by atoms with Crippen molar-refractivity contribution in [2.24, 2.45) is 5.92 Å². The number of benzene rings is 2. The molecule has 5 aliphatic rings. The molecule has 0 spiro atoms. The van der Waals surface area contributed by atoms with Gasteiger partial charge in [-0.2, -0.15) is 0 Å². The zero-order valence-corrected chi connectivity index (χ0v) is 29.2. The second kappa shape index (κ2) is 15.5. The van der Waals surface area contributed by atoms with Crippen molar-refractivity contribution in [3.63, 3.8) is 0 Å². The molecule has 4 amide bonds. The maximum absolute atomic E-state index is 14.4. The Hall–Kier alpha value is -3.96. The minimum Gasteiger partial charge on any atom is -0.480 e.